The van der Waals surface area contributed by atoms with E-state index in [1.807, 2.05) is 12.4 Å². The van der Waals surface area contributed by atoms with E-state index in [9.17, 15) is 0 Å². The van der Waals surface area contributed by atoms with Gasteiger partial charge in [0.2, 0.25) is 0 Å². The van der Waals surface area contributed by atoms with Crippen LogP contribution < -0.4 is 4.90 Å². The van der Waals surface area contributed by atoms with Crippen LogP contribution in [0.3, 0.4) is 0 Å². The summed E-state index contributed by atoms with van der Waals surface area (Å²) in [6.07, 6.45) is 3.03. The molecule has 1 N–H and O–H groups in total. The molecule has 96 valence electrons. The topological polar surface area (TPSA) is 16.8 Å². The van der Waals surface area contributed by atoms with Crippen molar-refractivity contribution in [2.24, 2.45) is 10.9 Å². The first-order chi connectivity index (χ1) is 8.74. The first-order valence-electron chi connectivity index (χ1n) is 6.50. The van der Waals surface area contributed by atoms with E-state index in [0.717, 1.165) is 18.7 Å². The van der Waals surface area contributed by atoms with Crippen molar-refractivity contribution in [1.29, 1.82) is 0 Å². The van der Waals surface area contributed by atoms with Crippen molar-refractivity contribution < 1.29 is 4.90 Å². The zero-order valence-electron chi connectivity index (χ0n) is 11.0. The quantitative estimate of drug-likeness (QED) is 0.787. The van der Waals surface area contributed by atoms with E-state index >= 15 is 0 Å². The molecule has 0 aromatic heterocycles. The molecule has 1 heterocycles. The summed E-state index contributed by atoms with van der Waals surface area (Å²) in [5.74, 6) is 1.21. The summed E-state index contributed by atoms with van der Waals surface area (Å²) in [5, 5.41) is 0. The van der Waals surface area contributed by atoms with Gasteiger partial charge in [-0.2, -0.15) is 4.99 Å². The van der Waals surface area contributed by atoms with Crippen LogP contribution in [-0.2, 0) is 0 Å². The van der Waals surface area contributed by atoms with Gasteiger partial charge in [0, 0.05) is 23.8 Å². The molecule has 2 nitrogen and oxygen atoms in total. The summed E-state index contributed by atoms with van der Waals surface area (Å²) in [4.78, 5) is 5.97. The van der Waals surface area contributed by atoms with Crippen molar-refractivity contribution in [2.45, 2.75) is 20.3 Å². The summed E-state index contributed by atoms with van der Waals surface area (Å²) in [6, 6.07) is 10.4. The summed E-state index contributed by atoms with van der Waals surface area (Å²) in [7, 11) is 0. The molecule has 0 spiro atoms. The minimum absolute atomic E-state index is 0.494. The third-order valence-corrected chi connectivity index (χ3v) is 3.42. The fraction of sp³-hybridized carbons (Fsp3) is 0.400. The third kappa shape index (κ3) is 2.82. The molecule has 0 bridgehead atoms. The van der Waals surface area contributed by atoms with Crippen LogP contribution in [0.4, 0.5) is 0 Å². The summed E-state index contributed by atoms with van der Waals surface area (Å²) in [6.45, 7) is 5.48. The van der Waals surface area contributed by atoms with Gasteiger partial charge in [-0.05, 0) is 0 Å². The number of hydrogen-bond acceptors (Lipinski definition) is 1. The number of nitrogens with zero attached hydrogens (tertiary/aromatic N) is 1. The number of rotatable bonds is 5. The molecule has 1 atom stereocenters. The molecule has 18 heavy (non-hydrogen) atoms. The maximum absolute atomic E-state index is 5.79. The second kappa shape index (κ2) is 6.17. The lowest BCUT2D eigenvalue weighted by Crippen LogP contribution is -3.09. The Hall–Kier alpha value is -1.12. The highest BCUT2D eigenvalue weighted by Crippen LogP contribution is 2.23. The number of nitrogens with one attached hydrogen (secondary N) is 1. The van der Waals surface area contributed by atoms with E-state index in [1.165, 1.54) is 16.2 Å². The molecular formula is C15H20ClN2+. The van der Waals surface area contributed by atoms with E-state index < -0.39 is 0 Å². The Bertz CT molecular complexity index is 449. The summed E-state index contributed by atoms with van der Waals surface area (Å²) >= 11 is 5.79. The zero-order valence-corrected chi connectivity index (χ0v) is 11.7. The molecule has 0 aliphatic carbocycles. The molecule has 1 aromatic carbocycles. The van der Waals surface area contributed by atoms with Crippen molar-refractivity contribution in [3.63, 3.8) is 0 Å². The largest absolute Gasteiger partial charge is 0.262 e. The fourth-order valence-corrected chi connectivity index (χ4v) is 2.49. The van der Waals surface area contributed by atoms with Crippen LogP contribution >= 0.6 is 11.6 Å². The Morgan fingerprint density at radius 1 is 1.22 bits per heavy atom. The standard InChI is InChI=1S/C15H19ClN2/c1-12(2)15-14(13-7-4-3-5-8-13)17-11-18(15)10-6-9-16/h3-5,7-8,11-12H,6,9-10H2,1-2H3/p+1. The summed E-state index contributed by atoms with van der Waals surface area (Å²) < 4.78 is 0. The average molecular weight is 264 g/mol. The molecule has 0 saturated carbocycles. The van der Waals surface area contributed by atoms with E-state index in [1.54, 1.807) is 0 Å². The van der Waals surface area contributed by atoms with Crippen LogP contribution in [0.15, 0.2) is 41.0 Å². The van der Waals surface area contributed by atoms with Crippen molar-refractivity contribution in [3.8, 4) is 0 Å². The first-order valence-corrected chi connectivity index (χ1v) is 7.03. The van der Waals surface area contributed by atoms with Gasteiger partial charge in [-0.1, -0.05) is 44.2 Å². The SMILES string of the molecule is CC(C)C1=C(c2ccccc2)N=C[NH+]1CCCCl. The molecule has 0 radical (unpaired) electrons. The molecule has 0 fully saturated rings. The predicted octanol–water partition coefficient (Wildman–Crippen LogP) is 2.57. The van der Waals surface area contributed by atoms with Crippen LogP contribution in [0.5, 0.6) is 0 Å². The number of halogens is 1. The van der Waals surface area contributed by atoms with Gasteiger partial charge < -0.3 is 0 Å². The molecule has 0 amide bonds. The Kier molecular flexibility index (Phi) is 4.56. The molecule has 1 unspecified atom stereocenters. The van der Waals surface area contributed by atoms with Crippen LogP contribution in [0.1, 0.15) is 25.8 Å². The van der Waals surface area contributed by atoms with Gasteiger partial charge in [0.15, 0.2) is 6.34 Å². The number of hydrogen-bond donors (Lipinski definition) is 1. The molecule has 2 rings (SSSR count). The number of benzene rings is 1. The second-order valence-corrected chi connectivity index (χ2v) is 5.24. The fourth-order valence-electron chi connectivity index (χ4n) is 2.36. The number of allylic oxidation sites excluding steroid dienone is 1. The molecular weight excluding hydrogens is 244 g/mol. The van der Waals surface area contributed by atoms with Crippen LogP contribution in [0.25, 0.3) is 5.70 Å². The van der Waals surface area contributed by atoms with Crippen molar-refractivity contribution >= 4 is 23.6 Å². The number of aliphatic imine (C=N–C) groups is 1. The smallest absolute Gasteiger partial charge is 0.193 e. The molecule has 1 aliphatic rings. The van der Waals surface area contributed by atoms with E-state index in [2.05, 4.69) is 43.1 Å². The Morgan fingerprint density at radius 3 is 2.56 bits per heavy atom. The highest BCUT2D eigenvalue weighted by molar-refractivity contribution is 6.17. The van der Waals surface area contributed by atoms with Gasteiger partial charge in [0.1, 0.15) is 11.4 Å². The Labute approximate surface area is 114 Å². The lowest BCUT2D eigenvalue weighted by molar-refractivity contribution is -0.756. The third-order valence-electron chi connectivity index (χ3n) is 3.15. The molecule has 1 aliphatic heterocycles. The van der Waals surface area contributed by atoms with Gasteiger partial charge in [-0.3, -0.25) is 4.90 Å². The van der Waals surface area contributed by atoms with E-state index in [4.69, 9.17) is 11.6 Å². The van der Waals surface area contributed by atoms with E-state index in [-0.39, 0.29) is 0 Å². The van der Waals surface area contributed by atoms with Crippen LogP contribution in [0, 0.1) is 5.92 Å². The monoisotopic (exact) mass is 263 g/mol. The van der Waals surface area contributed by atoms with E-state index in [0.29, 0.717) is 11.8 Å². The molecule has 3 heteroatoms. The Balaban J connectivity index is 2.31. The normalized spacial score (nSPS) is 19.0. The molecule has 1 aromatic rings. The van der Waals surface area contributed by atoms with Crippen LogP contribution in [-0.4, -0.2) is 18.8 Å². The summed E-state index contributed by atoms with van der Waals surface area (Å²) in [5.41, 5.74) is 3.72. The maximum Gasteiger partial charge on any atom is 0.193 e. The zero-order chi connectivity index (χ0) is 13.0. The minimum atomic E-state index is 0.494. The number of alkyl halides is 1. The van der Waals surface area contributed by atoms with Crippen molar-refractivity contribution in [3.05, 3.63) is 41.6 Å². The van der Waals surface area contributed by atoms with Crippen LogP contribution in [0.2, 0.25) is 0 Å². The lowest BCUT2D eigenvalue weighted by atomic mass is 10.0. The predicted molar refractivity (Wildman–Crippen MR) is 77.9 cm³/mol. The highest BCUT2D eigenvalue weighted by Gasteiger charge is 2.27. The van der Waals surface area contributed by atoms with Crippen molar-refractivity contribution in [2.75, 3.05) is 12.4 Å². The molecule has 0 saturated heterocycles. The van der Waals surface area contributed by atoms with Gasteiger partial charge in [0.05, 0.1) is 6.54 Å². The maximum atomic E-state index is 5.79. The minimum Gasteiger partial charge on any atom is -0.262 e. The first kappa shape index (κ1) is 13.3. The number of quaternary nitrogens is 1. The van der Waals surface area contributed by atoms with Gasteiger partial charge in [-0.15, -0.1) is 11.6 Å². The van der Waals surface area contributed by atoms with Gasteiger partial charge in [0.25, 0.3) is 0 Å². The van der Waals surface area contributed by atoms with Gasteiger partial charge in [-0.25, -0.2) is 0 Å². The lowest BCUT2D eigenvalue weighted by Gasteiger charge is -2.16. The van der Waals surface area contributed by atoms with Crippen molar-refractivity contribution in [1.82, 2.24) is 0 Å². The second-order valence-electron chi connectivity index (χ2n) is 4.86. The Morgan fingerprint density at radius 2 is 1.94 bits per heavy atom. The average Bonchev–Trinajstić information content (AvgIpc) is 2.81. The highest BCUT2D eigenvalue weighted by atomic mass is 35.5. The van der Waals surface area contributed by atoms with Gasteiger partial charge >= 0.3 is 0 Å².